The van der Waals surface area contributed by atoms with Crippen molar-refractivity contribution in [3.63, 3.8) is 0 Å². The van der Waals surface area contributed by atoms with Crippen LogP contribution in [-0.4, -0.2) is 42.1 Å². The SMILES string of the molecule is COc1cc(OC)cc(-c2nnc(NC(=O)c3ccc(N4C(=O)CCC4=O)cc3)o2)c1. The highest BCUT2D eigenvalue weighted by molar-refractivity contribution is 6.20. The average molecular weight is 422 g/mol. The molecular formula is C21H18N4O6. The van der Waals surface area contributed by atoms with Crippen LogP contribution in [-0.2, 0) is 9.59 Å². The molecule has 1 N–H and O–H groups in total. The zero-order chi connectivity index (χ0) is 22.0. The summed E-state index contributed by atoms with van der Waals surface area (Å²) in [6.07, 6.45) is 0.388. The van der Waals surface area contributed by atoms with Gasteiger partial charge in [0, 0.05) is 30.0 Å². The number of imide groups is 1. The van der Waals surface area contributed by atoms with Crippen LogP contribution >= 0.6 is 0 Å². The highest BCUT2D eigenvalue weighted by Gasteiger charge is 2.30. The van der Waals surface area contributed by atoms with Gasteiger partial charge in [-0.3, -0.25) is 24.6 Å². The van der Waals surface area contributed by atoms with Crippen LogP contribution in [0.1, 0.15) is 23.2 Å². The van der Waals surface area contributed by atoms with E-state index in [2.05, 4.69) is 15.5 Å². The van der Waals surface area contributed by atoms with E-state index in [0.717, 1.165) is 4.90 Å². The fourth-order valence-corrected chi connectivity index (χ4v) is 3.12. The zero-order valence-electron chi connectivity index (χ0n) is 16.7. The molecule has 10 heteroatoms. The Morgan fingerprint density at radius 3 is 2.16 bits per heavy atom. The number of nitrogens with zero attached hydrogens (tertiary/aromatic N) is 3. The number of amides is 3. The van der Waals surface area contributed by atoms with Crippen LogP contribution in [0.4, 0.5) is 11.7 Å². The fourth-order valence-electron chi connectivity index (χ4n) is 3.12. The summed E-state index contributed by atoms with van der Waals surface area (Å²) in [4.78, 5) is 37.3. The Kier molecular flexibility index (Phi) is 5.35. The van der Waals surface area contributed by atoms with E-state index in [1.165, 1.54) is 38.5 Å². The molecule has 0 unspecified atom stereocenters. The van der Waals surface area contributed by atoms with Gasteiger partial charge in [-0.25, -0.2) is 0 Å². The normalized spacial score (nSPS) is 13.4. The van der Waals surface area contributed by atoms with Gasteiger partial charge in [-0.05, 0) is 36.4 Å². The fraction of sp³-hybridized carbons (Fsp3) is 0.190. The number of hydrogen-bond acceptors (Lipinski definition) is 8. The number of ether oxygens (including phenoxy) is 2. The van der Waals surface area contributed by atoms with Crippen molar-refractivity contribution in [3.8, 4) is 23.0 Å². The maximum atomic E-state index is 12.5. The number of carbonyl (C=O) groups excluding carboxylic acids is 3. The Morgan fingerprint density at radius 1 is 0.968 bits per heavy atom. The first-order valence-electron chi connectivity index (χ1n) is 9.32. The average Bonchev–Trinajstić information content (AvgIpc) is 3.39. The van der Waals surface area contributed by atoms with Crippen LogP contribution < -0.4 is 19.7 Å². The molecule has 2 aromatic carbocycles. The van der Waals surface area contributed by atoms with E-state index in [1.807, 2.05) is 0 Å². The van der Waals surface area contributed by atoms with Crippen molar-refractivity contribution in [2.24, 2.45) is 0 Å². The Bertz CT molecular complexity index is 1120. The largest absolute Gasteiger partial charge is 0.497 e. The Labute approximate surface area is 176 Å². The van der Waals surface area contributed by atoms with Crippen molar-refractivity contribution in [1.29, 1.82) is 0 Å². The van der Waals surface area contributed by atoms with Crippen molar-refractivity contribution in [2.45, 2.75) is 12.8 Å². The molecule has 158 valence electrons. The number of benzene rings is 2. The Hall–Kier alpha value is -4.21. The van der Waals surface area contributed by atoms with Crippen LogP contribution in [0.2, 0.25) is 0 Å². The molecule has 1 aromatic heterocycles. The van der Waals surface area contributed by atoms with Crippen LogP contribution in [0.25, 0.3) is 11.5 Å². The maximum absolute atomic E-state index is 12.5. The summed E-state index contributed by atoms with van der Waals surface area (Å²) in [6.45, 7) is 0. The standard InChI is InChI=1S/C21H18N4O6/c1-29-15-9-13(10-16(11-15)30-2)20-23-24-21(31-20)22-19(28)12-3-5-14(6-4-12)25-17(26)7-8-18(25)27/h3-6,9-11H,7-8H2,1-2H3,(H,22,24,28). The van der Waals surface area contributed by atoms with Crippen LogP contribution in [0, 0.1) is 0 Å². The third kappa shape index (κ3) is 4.08. The summed E-state index contributed by atoms with van der Waals surface area (Å²) >= 11 is 0. The van der Waals surface area contributed by atoms with Gasteiger partial charge in [-0.2, -0.15) is 0 Å². The monoisotopic (exact) mass is 422 g/mol. The molecule has 0 radical (unpaired) electrons. The van der Waals surface area contributed by atoms with E-state index < -0.39 is 5.91 Å². The lowest BCUT2D eigenvalue weighted by Gasteiger charge is -2.13. The van der Waals surface area contributed by atoms with Gasteiger partial charge >= 0.3 is 6.01 Å². The number of aromatic nitrogens is 2. The quantitative estimate of drug-likeness (QED) is 0.601. The summed E-state index contributed by atoms with van der Waals surface area (Å²) in [5, 5.41) is 10.3. The molecule has 0 atom stereocenters. The first-order valence-corrected chi connectivity index (χ1v) is 9.32. The molecule has 31 heavy (non-hydrogen) atoms. The molecular weight excluding hydrogens is 404 g/mol. The number of methoxy groups -OCH3 is 2. The molecule has 1 aliphatic rings. The van der Waals surface area contributed by atoms with Gasteiger partial charge in [-0.15, -0.1) is 5.10 Å². The van der Waals surface area contributed by atoms with E-state index >= 15 is 0 Å². The van der Waals surface area contributed by atoms with Crippen LogP contribution in [0.15, 0.2) is 46.9 Å². The minimum Gasteiger partial charge on any atom is -0.497 e. The number of nitrogens with one attached hydrogen (secondary N) is 1. The molecule has 3 aromatic rings. The molecule has 0 bridgehead atoms. The van der Waals surface area contributed by atoms with Crippen molar-refractivity contribution in [3.05, 3.63) is 48.0 Å². The molecule has 0 saturated carbocycles. The third-order valence-electron chi connectivity index (χ3n) is 4.68. The Balaban J connectivity index is 1.48. The lowest BCUT2D eigenvalue weighted by Crippen LogP contribution is -2.28. The summed E-state index contributed by atoms with van der Waals surface area (Å²) in [7, 11) is 3.05. The van der Waals surface area contributed by atoms with Crippen molar-refractivity contribution < 1.29 is 28.3 Å². The third-order valence-corrected chi connectivity index (χ3v) is 4.68. The molecule has 4 rings (SSSR count). The van der Waals surface area contributed by atoms with Gasteiger partial charge in [0.2, 0.25) is 17.7 Å². The molecule has 0 aliphatic carbocycles. The van der Waals surface area contributed by atoms with Gasteiger partial charge in [0.1, 0.15) is 11.5 Å². The summed E-state index contributed by atoms with van der Waals surface area (Å²) < 4.78 is 16.0. The number of rotatable bonds is 6. The molecule has 1 saturated heterocycles. The van der Waals surface area contributed by atoms with Gasteiger partial charge in [0.25, 0.3) is 5.91 Å². The van der Waals surface area contributed by atoms with E-state index in [4.69, 9.17) is 13.9 Å². The second-order valence-electron chi connectivity index (χ2n) is 6.64. The molecule has 1 aliphatic heterocycles. The van der Waals surface area contributed by atoms with Gasteiger partial charge in [0.15, 0.2) is 0 Å². The highest BCUT2D eigenvalue weighted by Crippen LogP contribution is 2.30. The minimum atomic E-state index is -0.482. The summed E-state index contributed by atoms with van der Waals surface area (Å²) in [6, 6.07) is 11.1. The topological polar surface area (TPSA) is 124 Å². The van der Waals surface area contributed by atoms with Crippen LogP contribution in [0.5, 0.6) is 11.5 Å². The number of carbonyl (C=O) groups is 3. The molecule has 1 fully saturated rings. The first-order chi connectivity index (χ1) is 15.0. The number of hydrogen-bond donors (Lipinski definition) is 1. The predicted octanol–water partition coefficient (Wildman–Crippen LogP) is 2.66. The van der Waals surface area contributed by atoms with E-state index in [1.54, 1.807) is 18.2 Å². The molecule has 3 amide bonds. The minimum absolute atomic E-state index is 0.0873. The van der Waals surface area contributed by atoms with E-state index in [0.29, 0.717) is 28.3 Å². The second-order valence-corrected chi connectivity index (χ2v) is 6.64. The van der Waals surface area contributed by atoms with Gasteiger partial charge < -0.3 is 13.9 Å². The lowest BCUT2D eigenvalue weighted by atomic mass is 10.2. The molecule has 0 spiro atoms. The van der Waals surface area contributed by atoms with E-state index in [9.17, 15) is 14.4 Å². The van der Waals surface area contributed by atoms with Crippen molar-refractivity contribution in [1.82, 2.24) is 10.2 Å². The van der Waals surface area contributed by atoms with Gasteiger partial charge in [-0.1, -0.05) is 5.10 Å². The van der Waals surface area contributed by atoms with Crippen molar-refractivity contribution >= 4 is 29.4 Å². The summed E-state index contributed by atoms with van der Waals surface area (Å²) in [5.74, 6) is 0.281. The van der Waals surface area contributed by atoms with Gasteiger partial charge in [0.05, 0.1) is 19.9 Å². The van der Waals surface area contributed by atoms with E-state index in [-0.39, 0.29) is 36.6 Å². The first kappa shape index (κ1) is 20.1. The Morgan fingerprint density at radius 2 is 1.58 bits per heavy atom. The highest BCUT2D eigenvalue weighted by atomic mass is 16.5. The number of anilines is 2. The lowest BCUT2D eigenvalue weighted by molar-refractivity contribution is -0.121. The zero-order valence-corrected chi connectivity index (χ0v) is 16.7. The molecule has 2 heterocycles. The molecule has 10 nitrogen and oxygen atoms in total. The maximum Gasteiger partial charge on any atom is 0.322 e. The summed E-state index contributed by atoms with van der Waals surface area (Å²) in [5.41, 5.74) is 1.29. The second kappa shape index (κ2) is 8.27. The smallest absolute Gasteiger partial charge is 0.322 e. The van der Waals surface area contributed by atoms with Crippen LogP contribution in [0.3, 0.4) is 0 Å². The predicted molar refractivity (Wildman–Crippen MR) is 109 cm³/mol. The van der Waals surface area contributed by atoms with Crippen molar-refractivity contribution in [2.75, 3.05) is 24.4 Å².